The molecule has 0 N–H and O–H groups in total. The van der Waals surface area contributed by atoms with Crippen molar-refractivity contribution in [3.05, 3.63) is 41.6 Å². The van der Waals surface area contributed by atoms with E-state index in [0.717, 1.165) is 17.8 Å². The summed E-state index contributed by atoms with van der Waals surface area (Å²) in [5, 5.41) is 0. The Labute approximate surface area is 150 Å². The molecule has 7 heteroatoms. The highest BCUT2D eigenvalue weighted by atomic mass is 19.4. The number of hydrogen-bond acceptors (Lipinski definition) is 4. The average molecular weight is 363 g/mol. The molecule has 1 saturated heterocycles. The number of nitrogens with zero attached hydrogens (tertiary/aromatic N) is 3. The first-order valence-electron chi connectivity index (χ1n) is 8.57. The number of hydrogen-bond donors (Lipinski definition) is 0. The van der Waals surface area contributed by atoms with Crippen molar-refractivity contribution in [3.8, 4) is 11.4 Å². The van der Waals surface area contributed by atoms with E-state index in [9.17, 15) is 18.0 Å². The molecular formula is C19H20F3N3O. The fraction of sp³-hybridized carbons (Fsp3) is 0.421. The van der Waals surface area contributed by atoms with Crippen molar-refractivity contribution < 1.29 is 18.0 Å². The SMILES string of the molecule is CC(C)c1cc(N2CCC(=O)CC2)nc(-c2ccc(C(F)(F)F)cc2)n1. The molecule has 0 radical (unpaired) electrons. The zero-order valence-corrected chi connectivity index (χ0v) is 14.7. The number of halogens is 3. The fourth-order valence-corrected chi connectivity index (χ4v) is 2.83. The van der Waals surface area contributed by atoms with E-state index in [1.165, 1.54) is 12.1 Å². The first-order valence-corrected chi connectivity index (χ1v) is 8.57. The molecule has 0 bridgehead atoms. The number of carbonyl (C=O) groups excluding carboxylic acids is 1. The van der Waals surface area contributed by atoms with Crippen molar-refractivity contribution in [2.45, 2.75) is 38.8 Å². The van der Waals surface area contributed by atoms with Crippen molar-refractivity contribution in [2.75, 3.05) is 18.0 Å². The third-order valence-corrected chi connectivity index (χ3v) is 4.44. The highest BCUT2D eigenvalue weighted by molar-refractivity contribution is 5.80. The molecule has 0 unspecified atom stereocenters. The summed E-state index contributed by atoms with van der Waals surface area (Å²) in [4.78, 5) is 22.6. The van der Waals surface area contributed by atoms with E-state index in [1.54, 1.807) is 0 Å². The van der Waals surface area contributed by atoms with Gasteiger partial charge >= 0.3 is 6.18 Å². The van der Waals surface area contributed by atoms with E-state index in [0.29, 0.717) is 43.1 Å². The van der Waals surface area contributed by atoms with E-state index < -0.39 is 11.7 Å². The number of alkyl halides is 3. The van der Waals surface area contributed by atoms with E-state index in [2.05, 4.69) is 9.97 Å². The van der Waals surface area contributed by atoms with Crippen LogP contribution >= 0.6 is 0 Å². The maximum atomic E-state index is 12.8. The van der Waals surface area contributed by atoms with Crippen LogP contribution in [0.25, 0.3) is 11.4 Å². The number of piperidine rings is 1. The molecule has 0 aliphatic carbocycles. The van der Waals surface area contributed by atoms with Crippen LogP contribution in [-0.2, 0) is 11.0 Å². The summed E-state index contributed by atoms with van der Waals surface area (Å²) in [5.74, 6) is 1.50. The van der Waals surface area contributed by atoms with Crippen molar-refractivity contribution in [3.63, 3.8) is 0 Å². The Morgan fingerprint density at radius 1 is 1.04 bits per heavy atom. The maximum Gasteiger partial charge on any atom is 0.416 e. The second kappa shape index (κ2) is 7.05. The Bertz CT molecular complexity index is 791. The highest BCUT2D eigenvalue weighted by Gasteiger charge is 2.30. The zero-order chi connectivity index (χ0) is 18.9. The van der Waals surface area contributed by atoms with Gasteiger partial charge in [0.25, 0.3) is 0 Å². The minimum atomic E-state index is -4.37. The Morgan fingerprint density at radius 3 is 2.19 bits per heavy atom. The molecule has 0 spiro atoms. The normalized spacial score (nSPS) is 15.6. The van der Waals surface area contributed by atoms with Gasteiger partial charge in [0.15, 0.2) is 5.82 Å². The largest absolute Gasteiger partial charge is 0.416 e. The minimum absolute atomic E-state index is 0.149. The number of benzene rings is 1. The summed E-state index contributed by atoms with van der Waals surface area (Å²) < 4.78 is 38.3. The van der Waals surface area contributed by atoms with Crippen molar-refractivity contribution in [1.82, 2.24) is 9.97 Å². The molecule has 1 aliphatic heterocycles. The number of aromatic nitrogens is 2. The van der Waals surface area contributed by atoms with Gasteiger partial charge in [-0.2, -0.15) is 13.2 Å². The minimum Gasteiger partial charge on any atom is -0.356 e. The number of rotatable bonds is 3. The third-order valence-electron chi connectivity index (χ3n) is 4.44. The van der Waals surface area contributed by atoms with Crippen LogP contribution in [0.5, 0.6) is 0 Å². The molecule has 0 saturated carbocycles. The van der Waals surface area contributed by atoms with E-state index in [4.69, 9.17) is 0 Å². The van der Waals surface area contributed by atoms with Gasteiger partial charge in [0.1, 0.15) is 11.6 Å². The predicted octanol–water partition coefficient (Wildman–Crippen LogP) is 4.46. The Hall–Kier alpha value is -2.44. The molecule has 4 nitrogen and oxygen atoms in total. The standard InChI is InChI=1S/C19H20F3N3O/c1-12(2)16-11-17(25-9-7-15(26)8-10-25)24-18(23-16)13-3-5-14(6-4-13)19(20,21)22/h3-6,11-12H,7-10H2,1-2H3. The second-order valence-electron chi connectivity index (χ2n) is 6.73. The molecule has 2 heterocycles. The van der Waals surface area contributed by atoms with Crippen LogP contribution in [-0.4, -0.2) is 28.8 Å². The summed E-state index contributed by atoms with van der Waals surface area (Å²) in [6.45, 7) is 5.20. The number of Topliss-reactive ketones (excluding diaryl/α,β-unsaturated/α-hetero) is 1. The van der Waals surface area contributed by atoms with Gasteiger partial charge in [0.05, 0.1) is 5.56 Å². The lowest BCUT2D eigenvalue weighted by molar-refractivity contribution is -0.137. The Balaban J connectivity index is 1.97. The van der Waals surface area contributed by atoms with Crippen LogP contribution in [0.4, 0.5) is 19.0 Å². The van der Waals surface area contributed by atoms with Crippen LogP contribution < -0.4 is 4.90 Å². The maximum absolute atomic E-state index is 12.8. The molecule has 1 aromatic heterocycles. The van der Waals surface area contributed by atoms with Crippen molar-refractivity contribution >= 4 is 11.6 Å². The predicted molar refractivity (Wildman–Crippen MR) is 93.0 cm³/mol. The molecule has 138 valence electrons. The summed E-state index contributed by atoms with van der Waals surface area (Å²) in [6, 6.07) is 6.77. The highest BCUT2D eigenvalue weighted by Crippen LogP contribution is 2.31. The molecule has 0 amide bonds. The van der Waals surface area contributed by atoms with Gasteiger partial charge in [-0.15, -0.1) is 0 Å². The third kappa shape index (κ3) is 4.03. The Kier molecular flexibility index (Phi) is 4.98. The average Bonchev–Trinajstić information content (AvgIpc) is 2.61. The van der Waals surface area contributed by atoms with Crippen LogP contribution in [0, 0.1) is 0 Å². The van der Waals surface area contributed by atoms with Gasteiger partial charge in [-0.1, -0.05) is 26.0 Å². The van der Waals surface area contributed by atoms with E-state index in [-0.39, 0.29) is 11.7 Å². The fourth-order valence-electron chi connectivity index (χ4n) is 2.83. The molecular weight excluding hydrogens is 343 g/mol. The molecule has 1 fully saturated rings. The van der Waals surface area contributed by atoms with Gasteiger partial charge < -0.3 is 4.90 Å². The van der Waals surface area contributed by atoms with E-state index >= 15 is 0 Å². The van der Waals surface area contributed by atoms with Crippen LogP contribution in [0.3, 0.4) is 0 Å². The van der Waals surface area contributed by atoms with Crippen molar-refractivity contribution in [2.24, 2.45) is 0 Å². The van der Waals surface area contributed by atoms with Crippen LogP contribution in [0.1, 0.15) is 43.9 Å². The first-order chi connectivity index (χ1) is 12.2. The lowest BCUT2D eigenvalue weighted by Crippen LogP contribution is -2.34. The monoisotopic (exact) mass is 363 g/mol. The molecule has 1 aliphatic rings. The smallest absolute Gasteiger partial charge is 0.356 e. The number of carbonyl (C=O) groups is 1. The van der Waals surface area contributed by atoms with Gasteiger partial charge in [-0.05, 0) is 18.1 Å². The number of ketones is 1. The van der Waals surface area contributed by atoms with Crippen LogP contribution in [0.15, 0.2) is 30.3 Å². The summed E-state index contributed by atoms with van der Waals surface area (Å²) in [5.41, 5.74) is 0.660. The number of anilines is 1. The molecule has 1 aromatic carbocycles. The first kappa shape index (κ1) is 18.4. The molecule has 3 rings (SSSR count). The van der Waals surface area contributed by atoms with Gasteiger partial charge in [0.2, 0.25) is 0 Å². The Morgan fingerprint density at radius 2 is 1.65 bits per heavy atom. The summed E-state index contributed by atoms with van der Waals surface area (Å²) in [7, 11) is 0. The van der Waals surface area contributed by atoms with E-state index in [1.807, 2.05) is 24.8 Å². The summed E-state index contributed by atoms with van der Waals surface area (Å²) in [6.07, 6.45) is -3.40. The zero-order valence-electron chi connectivity index (χ0n) is 14.7. The lowest BCUT2D eigenvalue weighted by Gasteiger charge is -2.28. The topological polar surface area (TPSA) is 46.1 Å². The molecule has 2 aromatic rings. The van der Waals surface area contributed by atoms with Crippen LogP contribution in [0.2, 0.25) is 0 Å². The van der Waals surface area contributed by atoms with Crippen molar-refractivity contribution in [1.29, 1.82) is 0 Å². The molecule has 0 atom stereocenters. The quantitative estimate of drug-likeness (QED) is 0.808. The lowest BCUT2D eigenvalue weighted by atomic mass is 10.1. The van der Waals surface area contributed by atoms with Gasteiger partial charge in [-0.25, -0.2) is 9.97 Å². The van der Waals surface area contributed by atoms with Gasteiger partial charge in [0, 0.05) is 43.3 Å². The molecule has 26 heavy (non-hydrogen) atoms. The summed E-state index contributed by atoms with van der Waals surface area (Å²) >= 11 is 0. The second-order valence-corrected chi connectivity index (χ2v) is 6.73. The van der Waals surface area contributed by atoms with Gasteiger partial charge in [-0.3, -0.25) is 4.79 Å².